The number of pyridine rings is 1. The summed E-state index contributed by atoms with van der Waals surface area (Å²) in [6.07, 6.45) is 1.96. The van der Waals surface area contributed by atoms with Gasteiger partial charge in [-0.2, -0.15) is 0 Å². The van der Waals surface area contributed by atoms with E-state index in [1.807, 2.05) is 18.2 Å². The maximum Gasteiger partial charge on any atom is 0.123 e. The van der Waals surface area contributed by atoms with Crippen LogP contribution in [0.5, 0.6) is 5.75 Å². The SMILES string of the molecule is OC(CNCCc1ccccn1)COc1ccc(F)cc1. The van der Waals surface area contributed by atoms with E-state index in [9.17, 15) is 9.50 Å². The molecular formula is C16H19FN2O2. The van der Waals surface area contributed by atoms with E-state index in [2.05, 4.69) is 10.3 Å². The van der Waals surface area contributed by atoms with E-state index in [0.29, 0.717) is 12.3 Å². The molecule has 1 atom stereocenters. The van der Waals surface area contributed by atoms with Crippen LogP contribution in [0.15, 0.2) is 48.7 Å². The van der Waals surface area contributed by atoms with Crippen molar-refractivity contribution in [2.24, 2.45) is 0 Å². The molecule has 0 amide bonds. The third-order valence-corrected chi connectivity index (χ3v) is 2.92. The summed E-state index contributed by atoms with van der Waals surface area (Å²) >= 11 is 0. The molecule has 112 valence electrons. The van der Waals surface area contributed by atoms with Crippen LogP contribution in [0.25, 0.3) is 0 Å². The average Bonchev–Trinajstić information content (AvgIpc) is 2.52. The van der Waals surface area contributed by atoms with Crippen molar-refractivity contribution in [3.8, 4) is 5.75 Å². The van der Waals surface area contributed by atoms with E-state index in [1.165, 1.54) is 24.3 Å². The molecule has 1 heterocycles. The van der Waals surface area contributed by atoms with Crippen LogP contribution in [0.2, 0.25) is 0 Å². The Balaban J connectivity index is 1.59. The molecular weight excluding hydrogens is 271 g/mol. The number of nitrogens with zero attached hydrogens (tertiary/aromatic N) is 1. The van der Waals surface area contributed by atoms with Gasteiger partial charge in [0.2, 0.25) is 0 Å². The molecule has 0 aliphatic carbocycles. The van der Waals surface area contributed by atoms with Crippen LogP contribution in [-0.4, -0.2) is 35.9 Å². The highest BCUT2D eigenvalue weighted by molar-refractivity contribution is 5.22. The molecule has 2 N–H and O–H groups in total. The molecule has 1 unspecified atom stereocenters. The lowest BCUT2D eigenvalue weighted by Gasteiger charge is -2.13. The second kappa shape index (κ2) is 8.34. The number of hydrogen-bond donors (Lipinski definition) is 2. The van der Waals surface area contributed by atoms with E-state index in [4.69, 9.17) is 4.74 Å². The van der Waals surface area contributed by atoms with Crippen molar-refractivity contribution in [3.05, 3.63) is 60.2 Å². The van der Waals surface area contributed by atoms with Crippen molar-refractivity contribution in [1.82, 2.24) is 10.3 Å². The number of hydrogen-bond acceptors (Lipinski definition) is 4. The second-order valence-electron chi connectivity index (χ2n) is 4.69. The van der Waals surface area contributed by atoms with Crippen LogP contribution in [0.1, 0.15) is 5.69 Å². The van der Waals surface area contributed by atoms with Crippen molar-refractivity contribution in [2.45, 2.75) is 12.5 Å². The zero-order valence-electron chi connectivity index (χ0n) is 11.7. The molecule has 2 aromatic rings. The molecule has 1 aromatic heterocycles. The molecule has 1 aromatic carbocycles. The van der Waals surface area contributed by atoms with Gasteiger partial charge in [0.1, 0.15) is 24.3 Å². The first-order chi connectivity index (χ1) is 10.2. The zero-order chi connectivity index (χ0) is 14.9. The van der Waals surface area contributed by atoms with Gasteiger partial charge in [0.15, 0.2) is 0 Å². The fraction of sp³-hybridized carbons (Fsp3) is 0.312. The number of aliphatic hydroxyl groups is 1. The highest BCUT2D eigenvalue weighted by atomic mass is 19.1. The van der Waals surface area contributed by atoms with Crippen LogP contribution in [0.4, 0.5) is 4.39 Å². The van der Waals surface area contributed by atoms with Crippen molar-refractivity contribution in [2.75, 3.05) is 19.7 Å². The molecule has 0 fully saturated rings. The van der Waals surface area contributed by atoms with Crippen molar-refractivity contribution in [3.63, 3.8) is 0 Å². The monoisotopic (exact) mass is 290 g/mol. The summed E-state index contributed by atoms with van der Waals surface area (Å²) in [6.45, 7) is 1.35. The van der Waals surface area contributed by atoms with E-state index in [0.717, 1.165) is 18.7 Å². The number of aliphatic hydroxyl groups excluding tert-OH is 1. The lowest BCUT2D eigenvalue weighted by atomic mass is 10.2. The summed E-state index contributed by atoms with van der Waals surface area (Å²) in [5.41, 5.74) is 1.02. The minimum atomic E-state index is -0.612. The minimum absolute atomic E-state index is 0.169. The van der Waals surface area contributed by atoms with Crippen molar-refractivity contribution >= 4 is 0 Å². The molecule has 5 heteroatoms. The number of ether oxygens (including phenoxy) is 1. The summed E-state index contributed by atoms with van der Waals surface area (Å²) in [4.78, 5) is 4.22. The third kappa shape index (κ3) is 5.89. The Bertz CT molecular complexity index is 520. The smallest absolute Gasteiger partial charge is 0.123 e. The van der Waals surface area contributed by atoms with Crippen molar-refractivity contribution in [1.29, 1.82) is 0 Å². The molecule has 0 aliphatic heterocycles. The molecule has 0 bridgehead atoms. The maximum absolute atomic E-state index is 12.7. The summed E-state index contributed by atoms with van der Waals surface area (Å²) in [5, 5.41) is 12.9. The van der Waals surface area contributed by atoms with Gasteiger partial charge in [0.25, 0.3) is 0 Å². The zero-order valence-corrected chi connectivity index (χ0v) is 11.7. The molecule has 0 saturated heterocycles. The summed E-state index contributed by atoms with van der Waals surface area (Å²) in [6, 6.07) is 11.5. The fourth-order valence-electron chi connectivity index (χ4n) is 1.81. The summed E-state index contributed by atoms with van der Waals surface area (Å²) in [5.74, 6) is 0.239. The molecule has 0 radical (unpaired) electrons. The first kappa shape index (κ1) is 15.4. The highest BCUT2D eigenvalue weighted by Crippen LogP contribution is 2.11. The van der Waals surface area contributed by atoms with Gasteiger partial charge >= 0.3 is 0 Å². The van der Waals surface area contributed by atoms with E-state index >= 15 is 0 Å². The molecule has 4 nitrogen and oxygen atoms in total. The largest absolute Gasteiger partial charge is 0.491 e. The number of aromatic nitrogens is 1. The van der Waals surface area contributed by atoms with Crippen LogP contribution < -0.4 is 10.1 Å². The first-order valence-corrected chi connectivity index (χ1v) is 6.91. The van der Waals surface area contributed by atoms with E-state index < -0.39 is 6.10 Å². The first-order valence-electron chi connectivity index (χ1n) is 6.91. The molecule has 2 rings (SSSR count). The van der Waals surface area contributed by atoms with Gasteiger partial charge in [-0.25, -0.2) is 4.39 Å². The molecule has 0 aliphatic rings. The molecule has 21 heavy (non-hydrogen) atoms. The predicted octanol–water partition coefficient (Wildman–Crippen LogP) is 1.79. The van der Waals surface area contributed by atoms with Gasteiger partial charge in [-0.3, -0.25) is 4.98 Å². The normalized spacial score (nSPS) is 12.1. The van der Waals surface area contributed by atoms with Gasteiger partial charge in [-0.1, -0.05) is 6.07 Å². The Morgan fingerprint density at radius 2 is 2.00 bits per heavy atom. The Morgan fingerprint density at radius 1 is 1.19 bits per heavy atom. The number of halogens is 1. The van der Waals surface area contributed by atoms with Crippen molar-refractivity contribution < 1.29 is 14.2 Å². The van der Waals surface area contributed by atoms with E-state index in [-0.39, 0.29) is 12.4 Å². The predicted molar refractivity (Wildman–Crippen MR) is 78.7 cm³/mol. The summed E-state index contributed by atoms with van der Waals surface area (Å²) in [7, 11) is 0. The van der Waals surface area contributed by atoms with Crippen LogP contribution >= 0.6 is 0 Å². The Hall–Kier alpha value is -1.98. The lowest BCUT2D eigenvalue weighted by molar-refractivity contribution is 0.106. The second-order valence-corrected chi connectivity index (χ2v) is 4.69. The van der Waals surface area contributed by atoms with Gasteiger partial charge in [-0.15, -0.1) is 0 Å². The van der Waals surface area contributed by atoms with Crippen LogP contribution in [-0.2, 0) is 6.42 Å². The fourth-order valence-corrected chi connectivity index (χ4v) is 1.81. The third-order valence-electron chi connectivity index (χ3n) is 2.92. The average molecular weight is 290 g/mol. The topological polar surface area (TPSA) is 54.4 Å². The van der Waals surface area contributed by atoms with E-state index in [1.54, 1.807) is 6.20 Å². The molecule has 0 spiro atoms. The Kier molecular flexibility index (Phi) is 6.12. The van der Waals surface area contributed by atoms with Gasteiger partial charge < -0.3 is 15.2 Å². The van der Waals surface area contributed by atoms with Crippen LogP contribution in [0.3, 0.4) is 0 Å². The number of rotatable bonds is 8. The van der Waals surface area contributed by atoms with Gasteiger partial charge in [0.05, 0.1) is 0 Å². The number of nitrogens with one attached hydrogen (secondary N) is 1. The minimum Gasteiger partial charge on any atom is -0.491 e. The highest BCUT2D eigenvalue weighted by Gasteiger charge is 2.05. The number of benzene rings is 1. The molecule has 0 saturated carbocycles. The summed E-state index contributed by atoms with van der Waals surface area (Å²) < 4.78 is 18.1. The quantitative estimate of drug-likeness (QED) is 0.728. The van der Waals surface area contributed by atoms with Crippen LogP contribution in [0, 0.1) is 5.82 Å². The Morgan fingerprint density at radius 3 is 2.71 bits per heavy atom. The maximum atomic E-state index is 12.7. The standard InChI is InChI=1S/C16H19FN2O2/c17-13-4-6-16(7-5-13)21-12-15(20)11-18-10-8-14-3-1-2-9-19-14/h1-7,9,15,18,20H,8,10-12H2. The lowest BCUT2D eigenvalue weighted by Crippen LogP contribution is -2.32. The van der Waals surface area contributed by atoms with Gasteiger partial charge in [-0.05, 0) is 36.4 Å². The Labute approximate surface area is 123 Å². The van der Waals surface area contributed by atoms with Gasteiger partial charge in [0, 0.05) is 31.4 Å².